The summed E-state index contributed by atoms with van der Waals surface area (Å²) in [7, 11) is 0. The van der Waals surface area contributed by atoms with Crippen LogP contribution in [0.3, 0.4) is 0 Å². The van der Waals surface area contributed by atoms with E-state index >= 15 is 0 Å². The molecular weight excluding hydrogens is 262 g/mol. The van der Waals surface area contributed by atoms with Gasteiger partial charge < -0.3 is 10.1 Å². The zero-order valence-electron chi connectivity index (χ0n) is 12.5. The number of hydrogen-bond donors (Lipinski definition) is 1. The maximum atomic E-state index is 12.3. The molecule has 3 nitrogen and oxygen atoms in total. The molecule has 0 fully saturated rings. The first kappa shape index (κ1) is 15.1. The lowest BCUT2D eigenvalue weighted by atomic mass is 10.1. The molecule has 0 aliphatic heterocycles. The largest absolute Gasteiger partial charge is 0.494 e. The van der Waals surface area contributed by atoms with Crippen LogP contribution < -0.4 is 10.1 Å². The molecule has 0 spiro atoms. The second kappa shape index (κ2) is 7.48. The molecule has 2 aromatic carbocycles. The van der Waals surface area contributed by atoms with Gasteiger partial charge in [0.1, 0.15) is 5.75 Å². The van der Waals surface area contributed by atoms with Crippen LogP contribution in [0.25, 0.3) is 0 Å². The topological polar surface area (TPSA) is 38.3 Å². The molecule has 0 radical (unpaired) electrons. The molecular formula is C18H21NO2. The van der Waals surface area contributed by atoms with Crippen molar-refractivity contribution in [3.8, 4) is 5.75 Å². The summed E-state index contributed by atoms with van der Waals surface area (Å²) in [5.74, 6) is 0.644. The molecule has 1 N–H and O–H groups in total. The van der Waals surface area contributed by atoms with Crippen molar-refractivity contribution in [1.29, 1.82) is 0 Å². The SMILES string of the molecule is CCCOc1cccc(C(=O)NC(C)c2ccccc2)c1. The van der Waals surface area contributed by atoms with Crippen LogP contribution in [-0.2, 0) is 0 Å². The van der Waals surface area contributed by atoms with Crippen LogP contribution in [0.4, 0.5) is 0 Å². The number of carbonyl (C=O) groups excluding carboxylic acids is 1. The number of nitrogens with one attached hydrogen (secondary N) is 1. The third-order valence-corrected chi connectivity index (χ3v) is 3.22. The highest BCUT2D eigenvalue weighted by atomic mass is 16.5. The highest BCUT2D eigenvalue weighted by Crippen LogP contribution is 2.16. The predicted octanol–water partition coefficient (Wildman–Crippen LogP) is 3.97. The third-order valence-electron chi connectivity index (χ3n) is 3.22. The normalized spacial score (nSPS) is 11.7. The number of ether oxygens (including phenoxy) is 1. The second-order valence-electron chi connectivity index (χ2n) is 4.98. The van der Waals surface area contributed by atoms with Crippen LogP contribution in [0.5, 0.6) is 5.75 Å². The number of rotatable bonds is 6. The average Bonchev–Trinajstić information content (AvgIpc) is 2.54. The Bertz CT molecular complexity index is 581. The van der Waals surface area contributed by atoms with Gasteiger partial charge >= 0.3 is 0 Å². The molecule has 0 heterocycles. The number of carbonyl (C=O) groups is 1. The van der Waals surface area contributed by atoms with Crippen molar-refractivity contribution >= 4 is 5.91 Å². The van der Waals surface area contributed by atoms with Crippen molar-refractivity contribution in [2.75, 3.05) is 6.61 Å². The molecule has 2 rings (SSSR count). The molecule has 0 aromatic heterocycles. The van der Waals surface area contributed by atoms with E-state index in [1.54, 1.807) is 12.1 Å². The summed E-state index contributed by atoms with van der Waals surface area (Å²) in [5.41, 5.74) is 1.70. The highest BCUT2D eigenvalue weighted by molar-refractivity contribution is 5.94. The number of amides is 1. The molecule has 3 heteroatoms. The average molecular weight is 283 g/mol. The van der Waals surface area contributed by atoms with Crippen molar-refractivity contribution < 1.29 is 9.53 Å². The minimum atomic E-state index is -0.0895. The molecule has 0 aliphatic carbocycles. The molecule has 2 aromatic rings. The lowest BCUT2D eigenvalue weighted by Gasteiger charge is -2.14. The first-order valence-corrected chi connectivity index (χ1v) is 7.29. The van der Waals surface area contributed by atoms with E-state index < -0.39 is 0 Å². The van der Waals surface area contributed by atoms with Gasteiger partial charge in [-0.3, -0.25) is 4.79 Å². The summed E-state index contributed by atoms with van der Waals surface area (Å²) in [5, 5.41) is 3.00. The van der Waals surface area contributed by atoms with E-state index in [0.717, 1.165) is 17.7 Å². The van der Waals surface area contributed by atoms with E-state index in [0.29, 0.717) is 12.2 Å². The van der Waals surface area contributed by atoms with Crippen molar-refractivity contribution in [3.05, 3.63) is 65.7 Å². The van der Waals surface area contributed by atoms with Crippen LogP contribution >= 0.6 is 0 Å². The Morgan fingerprint density at radius 2 is 1.90 bits per heavy atom. The van der Waals surface area contributed by atoms with Gasteiger partial charge in [0, 0.05) is 5.56 Å². The summed E-state index contributed by atoms with van der Waals surface area (Å²) in [4.78, 5) is 12.3. The zero-order valence-corrected chi connectivity index (χ0v) is 12.5. The predicted molar refractivity (Wildman–Crippen MR) is 84.6 cm³/mol. The lowest BCUT2D eigenvalue weighted by Crippen LogP contribution is -2.26. The highest BCUT2D eigenvalue weighted by Gasteiger charge is 2.11. The molecule has 0 aliphatic rings. The number of hydrogen-bond acceptors (Lipinski definition) is 2. The second-order valence-corrected chi connectivity index (χ2v) is 4.98. The molecule has 0 saturated carbocycles. The minimum Gasteiger partial charge on any atom is -0.494 e. The van der Waals surface area contributed by atoms with Crippen molar-refractivity contribution in [2.45, 2.75) is 26.3 Å². The molecule has 21 heavy (non-hydrogen) atoms. The molecule has 1 unspecified atom stereocenters. The van der Waals surface area contributed by atoms with Gasteiger partial charge in [-0.15, -0.1) is 0 Å². The van der Waals surface area contributed by atoms with Gasteiger partial charge in [-0.05, 0) is 37.1 Å². The van der Waals surface area contributed by atoms with Crippen molar-refractivity contribution in [1.82, 2.24) is 5.32 Å². The summed E-state index contributed by atoms with van der Waals surface area (Å²) < 4.78 is 5.56. The van der Waals surface area contributed by atoms with Crippen LogP contribution in [0.15, 0.2) is 54.6 Å². The van der Waals surface area contributed by atoms with Gasteiger partial charge in [-0.25, -0.2) is 0 Å². The molecule has 1 atom stereocenters. The van der Waals surface area contributed by atoms with Crippen LogP contribution in [0, 0.1) is 0 Å². The Hall–Kier alpha value is -2.29. The Balaban J connectivity index is 2.03. The van der Waals surface area contributed by atoms with Gasteiger partial charge in [0.05, 0.1) is 12.6 Å². The molecule has 110 valence electrons. The fourth-order valence-corrected chi connectivity index (χ4v) is 2.05. The smallest absolute Gasteiger partial charge is 0.251 e. The number of benzene rings is 2. The Kier molecular flexibility index (Phi) is 5.38. The zero-order chi connectivity index (χ0) is 15.1. The first-order chi connectivity index (χ1) is 10.2. The quantitative estimate of drug-likeness (QED) is 0.871. The Morgan fingerprint density at radius 1 is 1.14 bits per heavy atom. The van der Waals surface area contributed by atoms with Gasteiger partial charge in [0.25, 0.3) is 5.91 Å². The Labute approximate surface area is 126 Å². The van der Waals surface area contributed by atoms with Crippen molar-refractivity contribution in [2.24, 2.45) is 0 Å². The fraction of sp³-hybridized carbons (Fsp3) is 0.278. The molecule has 0 bridgehead atoms. The van der Waals surface area contributed by atoms with Crippen LogP contribution in [0.1, 0.15) is 42.2 Å². The van der Waals surface area contributed by atoms with E-state index in [4.69, 9.17) is 4.74 Å². The van der Waals surface area contributed by atoms with E-state index in [1.807, 2.05) is 49.4 Å². The minimum absolute atomic E-state index is 0.0288. The third kappa shape index (κ3) is 4.35. The van der Waals surface area contributed by atoms with E-state index in [9.17, 15) is 4.79 Å². The van der Waals surface area contributed by atoms with Gasteiger partial charge in [-0.2, -0.15) is 0 Å². The lowest BCUT2D eigenvalue weighted by molar-refractivity contribution is 0.0939. The van der Waals surface area contributed by atoms with E-state index in [2.05, 4.69) is 12.2 Å². The van der Waals surface area contributed by atoms with E-state index in [1.165, 1.54) is 0 Å². The monoisotopic (exact) mass is 283 g/mol. The van der Waals surface area contributed by atoms with Gasteiger partial charge in [-0.1, -0.05) is 43.3 Å². The summed E-state index contributed by atoms with van der Waals surface area (Å²) in [6.07, 6.45) is 0.946. The standard InChI is InChI=1S/C18H21NO2/c1-3-12-21-17-11-7-10-16(13-17)18(20)19-14(2)15-8-5-4-6-9-15/h4-11,13-14H,3,12H2,1-2H3,(H,19,20). The molecule has 1 amide bonds. The molecule has 0 saturated heterocycles. The van der Waals surface area contributed by atoms with Gasteiger partial charge in [0.15, 0.2) is 0 Å². The fourth-order valence-electron chi connectivity index (χ4n) is 2.05. The van der Waals surface area contributed by atoms with Gasteiger partial charge in [0.2, 0.25) is 0 Å². The summed E-state index contributed by atoms with van der Waals surface area (Å²) in [6, 6.07) is 17.2. The maximum absolute atomic E-state index is 12.3. The first-order valence-electron chi connectivity index (χ1n) is 7.29. The van der Waals surface area contributed by atoms with Crippen molar-refractivity contribution in [3.63, 3.8) is 0 Å². The van der Waals surface area contributed by atoms with Crippen LogP contribution in [-0.4, -0.2) is 12.5 Å². The summed E-state index contributed by atoms with van der Waals surface area (Å²) >= 11 is 0. The Morgan fingerprint density at radius 3 is 2.62 bits per heavy atom. The summed E-state index contributed by atoms with van der Waals surface area (Å²) in [6.45, 7) is 4.69. The van der Waals surface area contributed by atoms with E-state index in [-0.39, 0.29) is 11.9 Å². The maximum Gasteiger partial charge on any atom is 0.251 e. The van der Waals surface area contributed by atoms with Crippen LogP contribution in [0.2, 0.25) is 0 Å².